The van der Waals surface area contributed by atoms with Crippen molar-refractivity contribution in [3.63, 3.8) is 0 Å². The summed E-state index contributed by atoms with van der Waals surface area (Å²) in [7, 11) is 0. The number of ether oxygens (including phenoxy) is 5. The van der Waals surface area contributed by atoms with E-state index in [1.165, 1.54) is 77.0 Å². The smallest absolute Gasteiger partial charge is 0.335 e. The zero-order valence-electron chi connectivity index (χ0n) is 46.1. The number of unbranched alkanes of at least 4 members (excludes halogenated alkanes) is 25. The highest BCUT2D eigenvalue weighted by Gasteiger charge is 2.50. The lowest BCUT2D eigenvalue weighted by molar-refractivity contribution is -0.301. The van der Waals surface area contributed by atoms with E-state index < -0.39 is 67.3 Å². The van der Waals surface area contributed by atoms with Crippen LogP contribution in [0.2, 0.25) is 0 Å². The summed E-state index contributed by atoms with van der Waals surface area (Å²) >= 11 is 0. The Balaban J connectivity index is 2.70. The van der Waals surface area contributed by atoms with Crippen molar-refractivity contribution in [2.45, 2.75) is 289 Å². The molecule has 0 radical (unpaired) electrons. The molecule has 0 spiro atoms. The van der Waals surface area contributed by atoms with Gasteiger partial charge in [0.25, 0.3) is 0 Å². The van der Waals surface area contributed by atoms with E-state index in [1.807, 2.05) is 0 Å². The molecule has 73 heavy (non-hydrogen) atoms. The van der Waals surface area contributed by atoms with Gasteiger partial charge < -0.3 is 39.0 Å². The van der Waals surface area contributed by atoms with E-state index >= 15 is 0 Å². The standard InChI is InChI=1S/C61H104O12/c1-4-7-10-13-16-19-22-24-26-27-29-30-33-35-38-41-44-47-53(62)69-50-52(71-54(63)48-45-42-39-37-34-31-28-25-23-20-17-14-11-8-5-2)51-70-61-59(57(66)56(65)58(73-61)60(67)68)72-55(64)49-46-43-40-36-32-21-18-15-12-9-6-3/h8,11,15,17-18,20,24-26,28,52,56-59,61,65-66H,4-7,9-10,12-14,16,19,21-23,27,29-51H2,1-3H3,(H,67,68)/b11-8-,18-15-,20-17-,26-24-,28-25-. The van der Waals surface area contributed by atoms with Crippen LogP contribution in [0.4, 0.5) is 0 Å². The predicted molar refractivity (Wildman–Crippen MR) is 294 cm³/mol. The second kappa shape index (κ2) is 49.3. The van der Waals surface area contributed by atoms with E-state index in [-0.39, 0.29) is 25.9 Å². The summed E-state index contributed by atoms with van der Waals surface area (Å²) in [4.78, 5) is 51.0. The first-order valence-electron chi connectivity index (χ1n) is 29.3. The fraction of sp³-hybridized carbons (Fsp3) is 0.770. The van der Waals surface area contributed by atoms with Crippen LogP contribution in [0.15, 0.2) is 60.8 Å². The van der Waals surface area contributed by atoms with E-state index in [2.05, 4.69) is 81.5 Å². The molecule has 1 heterocycles. The molecular formula is C61H104O12. The zero-order valence-corrected chi connectivity index (χ0v) is 46.1. The van der Waals surface area contributed by atoms with Gasteiger partial charge in [0, 0.05) is 19.3 Å². The monoisotopic (exact) mass is 1030 g/mol. The molecule has 6 atom stereocenters. The number of aliphatic carboxylic acids is 1. The second-order valence-electron chi connectivity index (χ2n) is 19.9. The SMILES string of the molecule is CC/C=C\C/C=C\C/C=C\CCCCCCCC(=O)OC(COC(=O)CCCCCCCCC/C=C\CCCCCCCC)COC1OC(C(=O)O)C(O)C(O)C1OC(=O)CCCCCCC/C=C\CCCC. The van der Waals surface area contributed by atoms with Crippen molar-refractivity contribution in [2.75, 3.05) is 13.2 Å². The van der Waals surface area contributed by atoms with Crippen molar-refractivity contribution in [3.05, 3.63) is 60.8 Å². The Kier molecular flexibility index (Phi) is 45.5. The van der Waals surface area contributed by atoms with Crippen molar-refractivity contribution in [2.24, 2.45) is 0 Å². The van der Waals surface area contributed by atoms with Gasteiger partial charge in [-0.05, 0) is 96.3 Å². The first kappa shape index (κ1) is 67.4. The number of hydrogen-bond donors (Lipinski definition) is 3. The average Bonchev–Trinajstić information content (AvgIpc) is 3.37. The van der Waals surface area contributed by atoms with Crippen molar-refractivity contribution < 1.29 is 58.2 Å². The fourth-order valence-corrected chi connectivity index (χ4v) is 8.53. The number of esters is 3. The molecule has 0 bridgehead atoms. The Morgan fingerprint density at radius 3 is 1.37 bits per heavy atom. The maximum Gasteiger partial charge on any atom is 0.335 e. The van der Waals surface area contributed by atoms with Crippen molar-refractivity contribution >= 4 is 23.9 Å². The van der Waals surface area contributed by atoms with Gasteiger partial charge in [0.2, 0.25) is 0 Å². The third-order valence-corrected chi connectivity index (χ3v) is 13.0. The molecule has 12 heteroatoms. The highest BCUT2D eigenvalue weighted by Crippen LogP contribution is 2.26. The number of hydrogen-bond acceptors (Lipinski definition) is 11. The summed E-state index contributed by atoms with van der Waals surface area (Å²) in [5.74, 6) is -3.15. The van der Waals surface area contributed by atoms with Crippen LogP contribution in [0, 0.1) is 0 Å². The number of carbonyl (C=O) groups excluding carboxylic acids is 3. The normalized spacial score (nSPS) is 18.7. The average molecular weight is 1030 g/mol. The summed E-state index contributed by atoms with van der Waals surface area (Å²) in [6, 6.07) is 0. The first-order chi connectivity index (χ1) is 35.6. The molecule has 1 fully saturated rings. The van der Waals surface area contributed by atoms with Crippen LogP contribution in [0.1, 0.15) is 252 Å². The Morgan fingerprint density at radius 1 is 0.466 bits per heavy atom. The molecule has 420 valence electrons. The summed E-state index contributed by atoms with van der Waals surface area (Å²) in [5, 5.41) is 31.4. The molecule has 3 N–H and O–H groups in total. The maximum atomic E-state index is 13.1. The molecular weight excluding hydrogens is 925 g/mol. The lowest BCUT2D eigenvalue weighted by atomic mass is 9.98. The van der Waals surface area contributed by atoms with Gasteiger partial charge in [-0.1, -0.05) is 197 Å². The molecule has 0 aromatic rings. The minimum Gasteiger partial charge on any atom is -0.479 e. The Labute approximate surface area is 443 Å². The molecule has 0 aliphatic carbocycles. The third-order valence-electron chi connectivity index (χ3n) is 13.0. The summed E-state index contributed by atoms with van der Waals surface area (Å²) in [6.45, 7) is 5.81. The third kappa shape index (κ3) is 39.5. The molecule has 0 aromatic carbocycles. The number of aliphatic hydroxyl groups is 2. The Bertz CT molecular complexity index is 1500. The molecule has 12 nitrogen and oxygen atoms in total. The molecule has 1 aliphatic rings. The number of allylic oxidation sites excluding steroid dienone is 10. The van der Waals surface area contributed by atoms with Crippen LogP contribution in [0.5, 0.6) is 0 Å². The zero-order chi connectivity index (χ0) is 53.3. The Hall–Kier alpha value is -3.58. The molecule has 6 unspecified atom stereocenters. The van der Waals surface area contributed by atoms with Gasteiger partial charge in [0.15, 0.2) is 24.6 Å². The van der Waals surface area contributed by atoms with Gasteiger partial charge in [-0.2, -0.15) is 0 Å². The van der Waals surface area contributed by atoms with Crippen molar-refractivity contribution in [1.82, 2.24) is 0 Å². The van der Waals surface area contributed by atoms with Crippen LogP contribution < -0.4 is 0 Å². The highest BCUT2D eigenvalue weighted by molar-refractivity contribution is 5.74. The van der Waals surface area contributed by atoms with Gasteiger partial charge in [-0.15, -0.1) is 0 Å². The van der Waals surface area contributed by atoms with Gasteiger partial charge in [0.1, 0.15) is 18.8 Å². The predicted octanol–water partition coefficient (Wildman–Crippen LogP) is 14.8. The lowest BCUT2D eigenvalue weighted by Crippen LogP contribution is -2.61. The van der Waals surface area contributed by atoms with E-state index in [9.17, 15) is 34.5 Å². The van der Waals surface area contributed by atoms with Gasteiger partial charge in [-0.3, -0.25) is 14.4 Å². The molecule has 1 rings (SSSR count). The van der Waals surface area contributed by atoms with Crippen LogP contribution in [-0.4, -0.2) is 89.2 Å². The second-order valence-corrected chi connectivity index (χ2v) is 19.9. The fourth-order valence-electron chi connectivity index (χ4n) is 8.53. The van der Waals surface area contributed by atoms with Crippen LogP contribution in [0.3, 0.4) is 0 Å². The molecule has 0 amide bonds. The summed E-state index contributed by atoms with van der Waals surface area (Å²) in [6.07, 6.45) is 47.7. The number of carboxylic acid groups (broad SMARTS) is 1. The van der Waals surface area contributed by atoms with Crippen LogP contribution in [0.25, 0.3) is 0 Å². The Morgan fingerprint density at radius 2 is 0.877 bits per heavy atom. The van der Waals surface area contributed by atoms with E-state index in [4.69, 9.17) is 23.7 Å². The largest absolute Gasteiger partial charge is 0.479 e. The minimum atomic E-state index is -1.91. The minimum absolute atomic E-state index is 0.0469. The topological polar surface area (TPSA) is 175 Å². The maximum absolute atomic E-state index is 13.1. The van der Waals surface area contributed by atoms with Crippen LogP contribution >= 0.6 is 0 Å². The van der Waals surface area contributed by atoms with E-state index in [0.29, 0.717) is 19.3 Å². The van der Waals surface area contributed by atoms with E-state index in [0.717, 1.165) is 116 Å². The summed E-state index contributed by atoms with van der Waals surface area (Å²) < 4.78 is 28.4. The quantitative estimate of drug-likeness (QED) is 0.0228. The van der Waals surface area contributed by atoms with Gasteiger partial charge >= 0.3 is 23.9 Å². The molecule has 0 saturated carbocycles. The molecule has 1 aliphatic heterocycles. The lowest BCUT2D eigenvalue weighted by Gasteiger charge is -2.40. The highest BCUT2D eigenvalue weighted by atomic mass is 16.7. The molecule has 1 saturated heterocycles. The summed E-state index contributed by atoms with van der Waals surface area (Å²) in [5.41, 5.74) is 0. The number of aliphatic hydroxyl groups excluding tert-OH is 2. The number of carbonyl (C=O) groups is 4. The number of rotatable bonds is 49. The number of carboxylic acids is 1. The van der Waals surface area contributed by atoms with Crippen molar-refractivity contribution in [3.8, 4) is 0 Å². The van der Waals surface area contributed by atoms with Gasteiger partial charge in [0.05, 0.1) is 6.61 Å². The van der Waals surface area contributed by atoms with Crippen LogP contribution in [-0.2, 0) is 42.9 Å². The van der Waals surface area contributed by atoms with Gasteiger partial charge in [-0.25, -0.2) is 4.79 Å². The molecule has 0 aromatic heterocycles. The van der Waals surface area contributed by atoms with E-state index in [1.54, 1.807) is 0 Å². The first-order valence-corrected chi connectivity index (χ1v) is 29.3. The van der Waals surface area contributed by atoms with Crippen molar-refractivity contribution in [1.29, 1.82) is 0 Å².